The van der Waals surface area contributed by atoms with Gasteiger partial charge in [0.25, 0.3) is 0 Å². The number of benzene rings is 1. The van der Waals surface area contributed by atoms with Crippen LogP contribution in [-0.2, 0) is 17.3 Å². The first-order valence-electron chi connectivity index (χ1n) is 4.79. The lowest BCUT2D eigenvalue weighted by Gasteiger charge is -2.13. The highest BCUT2D eigenvalue weighted by molar-refractivity contribution is 5.84. The van der Waals surface area contributed by atoms with Crippen molar-refractivity contribution in [2.45, 2.75) is 19.4 Å². The van der Waals surface area contributed by atoms with Gasteiger partial charge in [0.2, 0.25) is 5.78 Å². The van der Waals surface area contributed by atoms with Gasteiger partial charge in [0.1, 0.15) is 0 Å². The minimum atomic E-state index is -3.50. The van der Waals surface area contributed by atoms with E-state index in [4.69, 9.17) is 5.11 Å². The number of carbonyl (C=O) groups excluding carboxylic acids is 1. The molecule has 1 aromatic carbocycles. The number of alkyl halides is 2. The molecule has 0 unspecified atom stereocenters. The summed E-state index contributed by atoms with van der Waals surface area (Å²) in [6, 6.07) is 4.92. The van der Waals surface area contributed by atoms with E-state index in [0.29, 0.717) is 5.56 Å². The van der Waals surface area contributed by atoms with Crippen LogP contribution >= 0.6 is 0 Å². The zero-order valence-electron chi connectivity index (χ0n) is 9.04. The number of ketones is 1. The summed E-state index contributed by atoms with van der Waals surface area (Å²) >= 11 is 0. The van der Waals surface area contributed by atoms with Crippen LogP contribution in [-0.4, -0.2) is 17.0 Å². The molecule has 0 radical (unpaired) electrons. The van der Waals surface area contributed by atoms with Crippen LogP contribution in [0, 0.1) is 0 Å². The van der Waals surface area contributed by atoms with E-state index in [1.165, 1.54) is 12.1 Å². The Labute approximate surface area is 96.3 Å². The van der Waals surface area contributed by atoms with Gasteiger partial charge in [0.05, 0.1) is 0 Å². The normalized spacial score (nSPS) is 11.0. The number of halogens is 2. The minimum Gasteiger partial charge on any atom is -0.465 e. The molecule has 0 spiro atoms. The quantitative estimate of drug-likeness (QED) is 0.851. The van der Waals surface area contributed by atoms with Gasteiger partial charge in [-0.2, -0.15) is 8.78 Å². The maximum atomic E-state index is 13.3. The number of hydrogen-bond acceptors (Lipinski definition) is 2. The summed E-state index contributed by atoms with van der Waals surface area (Å²) < 4.78 is 26.5. The highest BCUT2D eigenvalue weighted by Crippen LogP contribution is 2.28. The fourth-order valence-electron chi connectivity index (χ4n) is 1.21. The van der Waals surface area contributed by atoms with Crippen LogP contribution in [0.25, 0.3) is 0 Å². The van der Waals surface area contributed by atoms with E-state index in [-0.39, 0.29) is 6.54 Å². The molecular weight excluding hydrogens is 232 g/mol. The van der Waals surface area contributed by atoms with Gasteiger partial charge >= 0.3 is 12.0 Å². The van der Waals surface area contributed by atoms with Gasteiger partial charge in [-0.1, -0.05) is 24.3 Å². The molecule has 0 atom stereocenters. The van der Waals surface area contributed by atoms with Crippen LogP contribution in [0.2, 0.25) is 0 Å². The number of rotatable bonds is 4. The highest BCUT2D eigenvalue weighted by Gasteiger charge is 2.36. The molecule has 4 nitrogen and oxygen atoms in total. The molecule has 0 aliphatic heterocycles. The van der Waals surface area contributed by atoms with Gasteiger partial charge in [-0.25, -0.2) is 4.79 Å². The molecule has 0 bridgehead atoms. The van der Waals surface area contributed by atoms with Gasteiger partial charge in [-0.3, -0.25) is 4.79 Å². The lowest BCUT2D eigenvalue weighted by molar-refractivity contribution is -0.141. The molecule has 0 aliphatic rings. The molecule has 2 N–H and O–H groups in total. The summed E-state index contributed by atoms with van der Waals surface area (Å²) in [4.78, 5) is 20.9. The Morgan fingerprint density at radius 1 is 1.29 bits per heavy atom. The molecule has 0 fully saturated rings. The SMILES string of the molecule is CC(=O)C(F)(F)c1ccc(CNC(=O)O)cc1. The molecule has 0 saturated heterocycles. The summed E-state index contributed by atoms with van der Waals surface area (Å²) in [6.07, 6.45) is -1.19. The molecular formula is C11H11F2NO3. The summed E-state index contributed by atoms with van der Waals surface area (Å²) in [7, 11) is 0. The van der Waals surface area contributed by atoms with Crippen molar-refractivity contribution >= 4 is 11.9 Å². The van der Waals surface area contributed by atoms with E-state index in [1.807, 2.05) is 0 Å². The van der Waals surface area contributed by atoms with Crippen molar-refractivity contribution in [1.82, 2.24) is 5.32 Å². The molecule has 1 rings (SSSR count). The van der Waals surface area contributed by atoms with E-state index >= 15 is 0 Å². The Kier molecular flexibility index (Phi) is 3.77. The van der Waals surface area contributed by atoms with Crippen molar-refractivity contribution in [2.24, 2.45) is 0 Å². The average Bonchev–Trinajstić information content (AvgIpc) is 2.26. The standard InChI is InChI=1S/C11H11F2NO3/c1-7(15)11(12,13)9-4-2-8(3-5-9)6-14-10(16)17/h2-5,14H,6H2,1H3,(H,16,17). The molecule has 17 heavy (non-hydrogen) atoms. The van der Waals surface area contributed by atoms with Crippen LogP contribution in [0.5, 0.6) is 0 Å². The van der Waals surface area contributed by atoms with Crippen LogP contribution in [0.4, 0.5) is 13.6 Å². The van der Waals surface area contributed by atoms with Crippen LogP contribution < -0.4 is 5.32 Å². The van der Waals surface area contributed by atoms with Crippen molar-refractivity contribution in [2.75, 3.05) is 0 Å². The van der Waals surface area contributed by atoms with Crippen molar-refractivity contribution < 1.29 is 23.5 Å². The van der Waals surface area contributed by atoms with E-state index in [1.54, 1.807) is 0 Å². The molecule has 1 aromatic rings. The fraction of sp³-hybridized carbons (Fsp3) is 0.273. The largest absolute Gasteiger partial charge is 0.465 e. The van der Waals surface area contributed by atoms with Gasteiger partial charge in [-0.05, 0) is 5.56 Å². The maximum Gasteiger partial charge on any atom is 0.404 e. The van der Waals surface area contributed by atoms with Crippen LogP contribution in [0.1, 0.15) is 18.1 Å². The predicted octanol–water partition coefficient (Wildman–Crippen LogP) is 2.13. The van der Waals surface area contributed by atoms with Gasteiger partial charge < -0.3 is 10.4 Å². The highest BCUT2D eigenvalue weighted by atomic mass is 19.3. The van der Waals surface area contributed by atoms with Crippen LogP contribution in [0.15, 0.2) is 24.3 Å². The zero-order valence-corrected chi connectivity index (χ0v) is 9.04. The summed E-state index contributed by atoms with van der Waals surface area (Å²) in [6.45, 7) is 0.848. The molecule has 0 saturated carbocycles. The molecule has 92 valence electrons. The Hall–Kier alpha value is -1.98. The number of carbonyl (C=O) groups is 2. The molecule has 6 heteroatoms. The first-order chi connectivity index (χ1) is 7.84. The van der Waals surface area contributed by atoms with Crippen molar-refractivity contribution in [3.63, 3.8) is 0 Å². The summed E-state index contributed by atoms with van der Waals surface area (Å²) in [5, 5.41) is 10.5. The third-order valence-corrected chi connectivity index (χ3v) is 2.20. The predicted molar refractivity (Wildman–Crippen MR) is 55.9 cm³/mol. The van der Waals surface area contributed by atoms with E-state index in [9.17, 15) is 18.4 Å². The van der Waals surface area contributed by atoms with Crippen LogP contribution in [0.3, 0.4) is 0 Å². The smallest absolute Gasteiger partial charge is 0.404 e. The Bertz CT molecular complexity index is 429. The van der Waals surface area contributed by atoms with Gasteiger partial charge in [0.15, 0.2) is 0 Å². The number of hydrogen-bond donors (Lipinski definition) is 2. The van der Waals surface area contributed by atoms with Crippen molar-refractivity contribution in [1.29, 1.82) is 0 Å². The minimum absolute atomic E-state index is 0.0290. The summed E-state index contributed by atoms with van der Waals surface area (Å²) in [5.74, 6) is -4.73. The first kappa shape index (κ1) is 13.1. The maximum absolute atomic E-state index is 13.3. The third kappa shape index (κ3) is 3.24. The monoisotopic (exact) mass is 243 g/mol. The van der Waals surface area contributed by atoms with E-state index < -0.39 is 23.4 Å². The fourth-order valence-corrected chi connectivity index (χ4v) is 1.21. The second-order valence-corrected chi connectivity index (χ2v) is 3.49. The number of carboxylic acid groups (broad SMARTS) is 1. The Morgan fingerprint density at radius 2 is 1.82 bits per heavy atom. The topological polar surface area (TPSA) is 66.4 Å². The average molecular weight is 243 g/mol. The zero-order chi connectivity index (χ0) is 13.1. The van der Waals surface area contributed by atoms with Gasteiger partial charge in [-0.15, -0.1) is 0 Å². The molecule has 1 amide bonds. The van der Waals surface area contributed by atoms with Gasteiger partial charge in [0, 0.05) is 19.0 Å². The first-order valence-corrected chi connectivity index (χ1v) is 4.79. The molecule has 0 aromatic heterocycles. The lowest BCUT2D eigenvalue weighted by Crippen LogP contribution is -2.23. The molecule has 0 heterocycles. The van der Waals surface area contributed by atoms with Crippen molar-refractivity contribution in [3.05, 3.63) is 35.4 Å². The number of amides is 1. The number of Topliss-reactive ketones (excluding diaryl/α,β-unsaturated/α-hetero) is 1. The Morgan fingerprint density at radius 3 is 2.24 bits per heavy atom. The number of nitrogens with one attached hydrogen (secondary N) is 1. The molecule has 0 aliphatic carbocycles. The van der Waals surface area contributed by atoms with E-state index in [2.05, 4.69) is 5.32 Å². The van der Waals surface area contributed by atoms with E-state index in [0.717, 1.165) is 19.1 Å². The second kappa shape index (κ2) is 4.90. The second-order valence-electron chi connectivity index (χ2n) is 3.49. The lowest BCUT2D eigenvalue weighted by atomic mass is 10.0. The third-order valence-electron chi connectivity index (χ3n) is 2.20. The van der Waals surface area contributed by atoms with Crippen molar-refractivity contribution in [3.8, 4) is 0 Å². The Balaban J connectivity index is 2.81. The summed E-state index contributed by atoms with van der Waals surface area (Å²) in [5.41, 5.74) is 0.138.